The van der Waals surface area contributed by atoms with Gasteiger partial charge in [-0.2, -0.15) is 0 Å². The van der Waals surface area contributed by atoms with Crippen molar-refractivity contribution >= 4 is 23.5 Å². The molecule has 1 heterocycles. The third-order valence-corrected chi connectivity index (χ3v) is 4.54. The summed E-state index contributed by atoms with van der Waals surface area (Å²) in [7, 11) is 0. The molecule has 1 aromatic rings. The van der Waals surface area contributed by atoms with Gasteiger partial charge in [0.15, 0.2) is 0 Å². The van der Waals surface area contributed by atoms with Crippen LogP contribution in [0.15, 0.2) is 18.2 Å². The van der Waals surface area contributed by atoms with Crippen molar-refractivity contribution < 1.29 is 14.7 Å². The number of rotatable bonds is 4. The Hall–Kier alpha value is -1.55. The number of hydrogen-bond acceptors (Lipinski definition) is 2. The number of aryl methyl sites for hydroxylation is 2. The van der Waals surface area contributed by atoms with Gasteiger partial charge in [-0.15, -0.1) is 0 Å². The minimum absolute atomic E-state index is 0.0141. The summed E-state index contributed by atoms with van der Waals surface area (Å²) in [4.78, 5) is 25.0. The maximum atomic E-state index is 12.3. The smallest absolute Gasteiger partial charge is 0.326 e. The lowest BCUT2D eigenvalue weighted by Gasteiger charge is -2.23. The number of benzene rings is 1. The molecule has 1 saturated heterocycles. The molecule has 0 saturated carbocycles. The van der Waals surface area contributed by atoms with Crippen molar-refractivity contribution in [2.75, 3.05) is 6.54 Å². The van der Waals surface area contributed by atoms with E-state index in [-0.39, 0.29) is 11.8 Å². The molecule has 0 radical (unpaired) electrons. The van der Waals surface area contributed by atoms with E-state index in [1.54, 1.807) is 0 Å². The topological polar surface area (TPSA) is 57.6 Å². The number of nitrogens with zero attached hydrogens (tertiary/aromatic N) is 1. The third kappa shape index (κ3) is 3.56. The quantitative estimate of drug-likeness (QED) is 0.930. The SMILES string of the molecule is Cc1ccc(CCC(=O)N2CCC(C)C2C(=O)O)cc1Cl. The van der Waals surface area contributed by atoms with Crippen LogP contribution in [0, 0.1) is 12.8 Å². The zero-order valence-electron chi connectivity index (χ0n) is 12.3. The summed E-state index contributed by atoms with van der Waals surface area (Å²) in [6.45, 7) is 4.35. The van der Waals surface area contributed by atoms with Crippen LogP contribution in [0.25, 0.3) is 0 Å². The molecule has 0 aromatic heterocycles. The van der Waals surface area contributed by atoms with Gasteiger partial charge in [-0.05, 0) is 42.9 Å². The van der Waals surface area contributed by atoms with Crippen LogP contribution in [0.2, 0.25) is 5.02 Å². The average Bonchev–Trinajstić information content (AvgIpc) is 2.82. The molecule has 0 spiro atoms. The molecule has 1 amide bonds. The van der Waals surface area contributed by atoms with E-state index in [9.17, 15) is 14.7 Å². The van der Waals surface area contributed by atoms with Gasteiger partial charge in [-0.3, -0.25) is 4.79 Å². The zero-order valence-corrected chi connectivity index (χ0v) is 13.1. The predicted octanol–water partition coefficient (Wildman–Crippen LogP) is 2.90. The first-order valence-corrected chi connectivity index (χ1v) is 7.55. The highest BCUT2D eigenvalue weighted by molar-refractivity contribution is 6.31. The highest BCUT2D eigenvalue weighted by Gasteiger charge is 2.38. The van der Waals surface area contributed by atoms with Crippen LogP contribution >= 0.6 is 11.6 Å². The van der Waals surface area contributed by atoms with Crippen LogP contribution in [-0.2, 0) is 16.0 Å². The lowest BCUT2D eigenvalue weighted by Crippen LogP contribution is -2.42. The maximum Gasteiger partial charge on any atom is 0.326 e. The van der Waals surface area contributed by atoms with Gasteiger partial charge in [0.25, 0.3) is 0 Å². The van der Waals surface area contributed by atoms with Crippen LogP contribution < -0.4 is 0 Å². The Labute approximate surface area is 129 Å². The fourth-order valence-corrected chi connectivity index (χ4v) is 2.99. The van der Waals surface area contributed by atoms with Crippen molar-refractivity contribution in [1.29, 1.82) is 0 Å². The molecule has 2 atom stereocenters. The minimum Gasteiger partial charge on any atom is -0.480 e. The van der Waals surface area contributed by atoms with Crippen LogP contribution in [0.4, 0.5) is 0 Å². The summed E-state index contributed by atoms with van der Waals surface area (Å²) in [5, 5.41) is 9.94. The summed E-state index contributed by atoms with van der Waals surface area (Å²) < 4.78 is 0. The molecule has 1 aliphatic rings. The molecule has 2 rings (SSSR count). The van der Waals surface area contributed by atoms with Crippen molar-refractivity contribution in [1.82, 2.24) is 4.90 Å². The number of hydrogen-bond donors (Lipinski definition) is 1. The Morgan fingerprint density at radius 3 is 2.76 bits per heavy atom. The van der Waals surface area contributed by atoms with Gasteiger partial charge in [-0.1, -0.05) is 30.7 Å². The molecule has 1 fully saturated rings. The fourth-order valence-electron chi connectivity index (χ4n) is 2.79. The summed E-state index contributed by atoms with van der Waals surface area (Å²) in [5.41, 5.74) is 2.00. The Bertz CT molecular complexity index is 558. The standard InChI is InChI=1S/C16H20ClNO3/c1-10-3-4-12(9-13(10)17)5-6-14(19)18-8-7-11(2)15(18)16(20)21/h3-4,9,11,15H,5-8H2,1-2H3,(H,20,21). The number of aliphatic carboxylic acids is 1. The molecule has 5 heteroatoms. The lowest BCUT2D eigenvalue weighted by molar-refractivity contribution is -0.149. The number of carbonyl (C=O) groups excluding carboxylic acids is 1. The van der Waals surface area contributed by atoms with Crippen molar-refractivity contribution in [2.45, 2.75) is 39.2 Å². The van der Waals surface area contributed by atoms with E-state index in [2.05, 4.69) is 0 Å². The van der Waals surface area contributed by atoms with Crippen molar-refractivity contribution in [3.8, 4) is 0 Å². The van der Waals surface area contributed by atoms with Gasteiger partial charge in [0.2, 0.25) is 5.91 Å². The summed E-state index contributed by atoms with van der Waals surface area (Å²) >= 11 is 6.07. The number of halogens is 1. The Morgan fingerprint density at radius 2 is 2.14 bits per heavy atom. The second-order valence-electron chi connectivity index (χ2n) is 5.72. The van der Waals surface area contributed by atoms with Crippen molar-refractivity contribution in [2.24, 2.45) is 5.92 Å². The molecular weight excluding hydrogens is 290 g/mol. The maximum absolute atomic E-state index is 12.3. The molecule has 21 heavy (non-hydrogen) atoms. The summed E-state index contributed by atoms with van der Waals surface area (Å²) in [5.74, 6) is -0.990. The third-order valence-electron chi connectivity index (χ3n) is 4.14. The van der Waals surface area contributed by atoms with E-state index in [1.807, 2.05) is 32.0 Å². The number of carboxylic acid groups (broad SMARTS) is 1. The second-order valence-corrected chi connectivity index (χ2v) is 6.13. The Balaban J connectivity index is 1.98. The molecule has 1 aliphatic heterocycles. The summed E-state index contributed by atoms with van der Waals surface area (Å²) in [6, 6.07) is 5.07. The largest absolute Gasteiger partial charge is 0.480 e. The predicted molar refractivity (Wildman–Crippen MR) is 81.4 cm³/mol. The monoisotopic (exact) mass is 309 g/mol. The molecule has 4 nitrogen and oxygen atoms in total. The van der Waals surface area contributed by atoms with Crippen LogP contribution in [-0.4, -0.2) is 34.5 Å². The van der Waals surface area contributed by atoms with Crippen LogP contribution in [0.5, 0.6) is 0 Å². The normalized spacial score (nSPS) is 21.6. The molecular formula is C16H20ClNO3. The van der Waals surface area contributed by atoms with Crippen molar-refractivity contribution in [3.63, 3.8) is 0 Å². The number of amides is 1. The number of carboxylic acids is 1. The molecule has 114 valence electrons. The molecule has 0 aliphatic carbocycles. The van der Waals surface area contributed by atoms with Gasteiger partial charge in [0, 0.05) is 18.0 Å². The first-order chi connectivity index (χ1) is 9.90. The molecule has 2 unspecified atom stereocenters. The fraction of sp³-hybridized carbons (Fsp3) is 0.500. The van der Waals surface area contributed by atoms with Gasteiger partial charge < -0.3 is 10.0 Å². The Kier molecular flexibility index (Phi) is 4.88. The van der Waals surface area contributed by atoms with E-state index in [1.165, 1.54) is 4.90 Å². The number of likely N-dealkylation sites (tertiary alicyclic amines) is 1. The first-order valence-electron chi connectivity index (χ1n) is 7.17. The van der Waals surface area contributed by atoms with Gasteiger partial charge >= 0.3 is 5.97 Å². The molecule has 1 aromatic carbocycles. The van der Waals surface area contributed by atoms with Crippen LogP contribution in [0.3, 0.4) is 0 Å². The zero-order chi connectivity index (χ0) is 15.6. The Morgan fingerprint density at radius 1 is 1.43 bits per heavy atom. The van der Waals surface area contributed by atoms with E-state index in [0.717, 1.165) is 17.5 Å². The van der Waals surface area contributed by atoms with Gasteiger partial charge in [0.05, 0.1) is 0 Å². The van der Waals surface area contributed by atoms with Gasteiger partial charge in [-0.25, -0.2) is 4.79 Å². The van der Waals surface area contributed by atoms with E-state index in [4.69, 9.17) is 11.6 Å². The van der Waals surface area contributed by atoms with Gasteiger partial charge in [0.1, 0.15) is 6.04 Å². The van der Waals surface area contributed by atoms with E-state index < -0.39 is 12.0 Å². The lowest BCUT2D eigenvalue weighted by atomic mass is 10.0. The first kappa shape index (κ1) is 15.8. The van der Waals surface area contributed by atoms with Crippen molar-refractivity contribution in [3.05, 3.63) is 34.3 Å². The molecule has 0 bridgehead atoms. The average molecular weight is 310 g/mol. The van der Waals surface area contributed by atoms with Crippen LogP contribution in [0.1, 0.15) is 30.9 Å². The second kappa shape index (κ2) is 6.48. The highest BCUT2D eigenvalue weighted by atomic mass is 35.5. The summed E-state index contributed by atoms with van der Waals surface area (Å²) in [6.07, 6.45) is 1.64. The van der Waals surface area contributed by atoms with E-state index >= 15 is 0 Å². The highest BCUT2D eigenvalue weighted by Crippen LogP contribution is 2.25. The van der Waals surface area contributed by atoms with E-state index in [0.29, 0.717) is 24.4 Å². The number of carbonyl (C=O) groups is 2. The minimum atomic E-state index is -0.910. The molecule has 1 N–H and O–H groups in total.